The number of hydrogen-bond acceptors (Lipinski definition) is 3. The van der Waals surface area contributed by atoms with Crippen LogP contribution < -0.4 is 5.32 Å². The SMILES string of the molecule is CC(CCC(=O)NCCS(=O)(=O)O)C1CCC2C3C(CCC12C)C1(C)CCC(F)(F)CC1CC3(F)F. The first-order valence-electron chi connectivity index (χ1n) is 13.5. The van der Waals surface area contributed by atoms with Crippen molar-refractivity contribution in [3.63, 3.8) is 0 Å². The van der Waals surface area contributed by atoms with Crippen LogP contribution in [0.1, 0.15) is 85.0 Å². The Morgan fingerprint density at radius 2 is 1.67 bits per heavy atom. The molecule has 0 aromatic rings. The third-order valence-electron chi connectivity index (χ3n) is 10.9. The first-order valence-corrected chi connectivity index (χ1v) is 15.1. The van der Waals surface area contributed by atoms with Gasteiger partial charge in [0.1, 0.15) is 0 Å². The second-order valence-electron chi connectivity index (χ2n) is 12.8. The maximum atomic E-state index is 15.8. The highest BCUT2D eigenvalue weighted by Crippen LogP contribution is 2.71. The first kappa shape index (κ1) is 28.1. The van der Waals surface area contributed by atoms with Crippen molar-refractivity contribution in [3.8, 4) is 0 Å². The summed E-state index contributed by atoms with van der Waals surface area (Å²) in [5.74, 6) is -8.08. The van der Waals surface area contributed by atoms with Crippen LogP contribution in [0.2, 0.25) is 0 Å². The van der Waals surface area contributed by atoms with Crippen molar-refractivity contribution in [2.75, 3.05) is 12.3 Å². The summed E-state index contributed by atoms with van der Waals surface area (Å²) in [5.41, 5.74) is -0.730. The van der Waals surface area contributed by atoms with Crippen molar-refractivity contribution >= 4 is 16.0 Å². The maximum absolute atomic E-state index is 15.8. The summed E-state index contributed by atoms with van der Waals surface area (Å²) in [6.07, 6.45) is 3.02. The fraction of sp³-hybridized carbons (Fsp3) is 0.962. The molecule has 4 rings (SSSR count). The Balaban J connectivity index is 1.44. The molecule has 208 valence electrons. The predicted octanol–water partition coefficient (Wildman–Crippen LogP) is 5.95. The van der Waals surface area contributed by atoms with Crippen LogP contribution in [0.15, 0.2) is 0 Å². The predicted molar refractivity (Wildman–Crippen MR) is 128 cm³/mol. The van der Waals surface area contributed by atoms with Crippen molar-refractivity contribution in [1.29, 1.82) is 0 Å². The van der Waals surface area contributed by atoms with Gasteiger partial charge < -0.3 is 5.32 Å². The van der Waals surface area contributed by atoms with Gasteiger partial charge in [-0.1, -0.05) is 20.8 Å². The molecule has 0 spiro atoms. The van der Waals surface area contributed by atoms with Gasteiger partial charge in [0.15, 0.2) is 0 Å². The molecule has 4 fully saturated rings. The summed E-state index contributed by atoms with van der Waals surface area (Å²) >= 11 is 0. The molecule has 2 N–H and O–H groups in total. The van der Waals surface area contributed by atoms with Gasteiger partial charge in [0.05, 0.1) is 5.75 Å². The molecular weight excluding hydrogens is 498 g/mol. The van der Waals surface area contributed by atoms with Crippen LogP contribution in [0.25, 0.3) is 0 Å². The molecule has 0 aliphatic heterocycles. The highest BCUT2D eigenvalue weighted by atomic mass is 32.2. The van der Waals surface area contributed by atoms with Gasteiger partial charge in [-0.3, -0.25) is 9.35 Å². The number of fused-ring (bicyclic) bond motifs is 5. The van der Waals surface area contributed by atoms with Gasteiger partial charge in [-0.15, -0.1) is 0 Å². The number of carbonyl (C=O) groups excluding carboxylic acids is 1. The lowest BCUT2D eigenvalue weighted by Gasteiger charge is -2.63. The van der Waals surface area contributed by atoms with Gasteiger partial charge in [-0.05, 0) is 78.9 Å². The molecule has 0 bridgehead atoms. The van der Waals surface area contributed by atoms with E-state index < -0.39 is 57.8 Å². The Hall–Kier alpha value is -0.900. The van der Waals surface area contributed by atoms with Crippen LogP contribution in [0.4, 0.5) is 17.6 Å². The molecule has 0 aromatic carbocycles. The Morgan fingerprint density at radius 3 is 2.33 bits per heavy atom. The number of rotatable bonds is 7. The average molecular weight is 540 g/mol. The van der Waals surface area contributed by atoms with Crippen molar-refractivity contribution < 1.29 is 35.3 Å². The fourth-order valence-corrected chi connectivity index (χ4v) is 9.38. The fourth-order valence-electron chi connectivity index (χ4n) is 9.02. The van der Waals surface area contributed by atoms with E-state index in [0.717, 1.165) is 12.8 Å². The van der Waals surface area contributed by atoms with E-state index in [1.54, 1.807) is 0 Å². The topological polar surface area (TPSA) is 83.5 Å². The molecule has 8 atom stereocenters. The zero-order valence-electron chi connectivity index (χ0n) is 21.5. The Kier molecular flexibility index (Phi) is 7.33. The summed E-state index contributed by atoms with van der Waals surface area (Å²) in [6.45, 7) is 6.04. The lowest BCUT2D eigenvalue weighted by atomic mass is 9.43. The first-order chi connectivity index (χ1) is 16.5. The maximum Gasteiger partial charge on any atom is 0.266 e. The summed E-state index contributed by atoms with van der Waals surface area (Å²) < 4.78 is 90.3. The minimum absolute atomic E-state index is 0.137. The number of halogens is 4. The molecular formula is C26H41F4NO4S. The van der Waals surface area contributed by atoms with E-state index in [9.17, 15) is 22.0 Å². The normalized spacial score (nSPS) is 42.1. The van der Waals surface area contributed by atoms with E-state index in [1.807, 2.05) is 6.92 Å². The largest absolute Gasteiger partial charge is 0.355 e. The van der Waals surface area contributed by atoms with E-state index in [-0.39, 0.29) is 54.4 Å². The van der Waals surface area contributed by atoms with E-state index >= 15 is 8.78 Å². The quantitative estimate of drug-likeness (QED) is 0.310. The molecule has 0 saturated heterocycles. The highest BCUT2D eigenvalue weighted by molar-refractivity contribution is 7.85. The third-order valence-corrected chi connectivity index (χ3v) is 11.6. The van der Waals surface area contributed by atoms with E-state index in [0.29, 0.717) is 25.7 Å². The molecule has 4 aliphatic rings. The second kappa shape index (κ2) is 9.38. The molecule has 0 heterocycles. The highest BCUT2D eigenvalue weighted by Gasteiger charge is 2.69. The molecule has 4 saturated carbocycles. The minimum atomic E-state index is -4.14. The Bertz CT molecular complexity index is 960. The molecule has 1 amide bonds. The summed E-state index contributed by atoms with van der Waals surface area (Å²) in [7, 11) is -4.14. The molecule has 10 heteroatoms. The molecule has 36 heavy (non-hydrogen) atoms. The Morgan fingerprint density at radius 1 is 1.00 bits per heavy atom. The number of nitrogens with one attached hydrogen (secondary N) is 1. The molecule has 0 radical (unpaired) electrons. The zero-order chi connectivity index (χ0) is 26.7. The zero-order valence-corrected chi connectivity index (χ0v) is 22.4. The van der Waals surface area contributed by atoms with Gasteiger partial charge in [-0.2, -0.15) is 8.42 Å². The van der Waals surface area contributed by atoms with Gasteiger partial charge in [0.25, 0.3) is 16.0 Å². The van der Waals surface area contributed by atoms with E-state index in [1.165, 1.54) is 0 Å². The monoisotopic (exact) mass is 539 g/mol. The summed E-state index contributed by atoms with van der Waals surface area (Å²) in [4.78, 5) is 12.2. The van der Waals surface area contributed by atoms with Crippen LogP contribution >= 0.6 is 0 Å². The second-order valence-corrected chi connectivity index (χ2v) is 14.4. The number of amides is 1. The van der Waals surface area contributed by atoms with Crippen LogP contribution in [0.3, 0.4) is 0 Å². The van der Waals surface area contributed by atoms with Crippen molar-refractivity contribution in [3.05, 3.63) is 0 Å². The van der Waals surface area contributed by atoms with Crippen LogP contribution in [-0.2, 0) is 14.9 Å². The van der Waals surface area contributed by atoms with Crippen LogP contribution in [-0.4, -0.2) is 43.0 Å². The van der Waals surface area contributed by atoms with Crippen molar-refractivity contribution in [2.45, 2.75) is 96.8 Å². The molecule has 4 aliphatic carbocycles. The van der Waals surface area contributed by atoms with Crippen LogP contribution in [0, 0.1) is 46.3 Å². The van der Waals surface area contributed by atoms with E-state index in [4.69, 9.17) is 4.55 Å². The molecule has 5 nitrogen and oxygen atoms in total. The number of hydrogen-bond donors (Lipinski definition) is 2. The number of carbonyl (C=O) groups is 1. The third kappa shape index (κ3) is 5.19. The smallest absolute Gasteiger partial charge is 0.266 e. The molecule has 0 aromatic heterocycles. The van der Waals surface area contributed by atoms with Gasteiger partial charge >= 0.3 is 0 Å². The Labute approximate surface area is 212 Å². The van der Waals surface area contributed by atoms with Gasteiger partial charge in [0.2, 0.25) is 11.8 Å². The standard InChI is InChI=1S/C26H41F4NO4S/c1-16(4-7-21(32)31-12-13-36(33,34)35)18-5-6-19-22-20(8-9-24(18,19)3)23(2)10-11-25(27,28)14-17(23)15-26(22,29)30/h16-20,22H,4-15H2,1-3H3,(H,31,32)(H,33,34,35). The average Bonchev–Trinajstić information content (AvgIpc) is 3.09. The molecule has 8 unspecified atom stereocenters. The lowest BCUT2D eigenvalue weighted by molar-refractivity contribution is -0.249. The number of alkyl halides is 4. The van der Waals surface area contributed by atoms with Crippen LogP contribution in [0.5, 0.6) is 0 Å². The van der Waals surface area contributed by atoms with Crippen molar-refractivity contribution in [1.82, 2.24) is 5.32 Å². The summed E-state index contributed by atoms with van der Waals surface area (Å²) in [6, 6.07) is 0. The minimum Gasteiger partial charge on any atom is -0.355 e. The summed E-state index contributed by atoms with van der Waals surface area (Å²) in [5, 5.41) is 2.50. The van der Waals surface area contributed by atoms with Gasteiger partial charge in [-0.25, -0.2) is 17.6 Å². The van der Waals surface area contributed by atoms with E-state index in [2.05, 4.69) is 19.2 Å². The van der Waals surface area contributed by atoms with Gasteiger partial charge in [0, 0.05) is 38.1 Å². The lowest BCUT2D eigenvalue weighted by Crippen LogP contribution is -2.61. The van der Waals surface area contributed by atoms with Crippen molar-refractivity contribution in [2.24, 2.45) is 46.3 Å².